The van der Waals surface area contributed by atoms with Gasteiger partial charge in [0.25, 0.3) is 23.6 Å². The van der Waals surface area contributed by atoms with Crippen molar-refractivity contribution in [1.82, 2.24) is 10.1 Å². The van der Waals surface area contributed by atoms with E-state index in [0.29, 0.717) is 16.5 Å². The first kappa shape index (κ1) is 25.3. The highest BCUT2D eigenvalue weighted by atomic mass is 79.9. The standard InChI is InChI=1S/C10H8BrNO3.C8H5NO3.C2H4Br2/c11-5-6-15-12-9(13)7-3-1-2-4-8(7)10(12)14;10-7-5-3-1-2-4-6(5)8(11)9(7)12;3-1-2-4/h1-4H,5-6H2;1-4,12H;1-2H2. The molecule has 11 heteroatoms. The molecule has 2 aromatic carbocycles. The number of imide groups is 2. The summed E-state index contributed by atoms with van der Waals surface area (Å²) in [5, 5.41) is 12.5. The molecule has 164 valence electrons. The van der Waals surface area contributed by atoms with Crippen LogP contribution in [0.2, 0.25) is 0 Å². The summed E-state index contributed by atoms with van der Waals surface area (Å²) in [6.07, 6.45) is 0. The quantitative estimate of drug-likeness (QED) is 0.314. The van der Waals surface area contributed by atoms with Gasteiger partial charge in [0.1, 0.15) is 0 Å². The molecule has 0 aliphatic carbocycles. The van der Waals surface area contributed by atoms with Crippen molar-refractivity contribution in [3.05, 3.63) is 70.8 Å². The summed E-state index contributed by atoms with van der Waals surface area (Å²) in [6, 6.07) is 13.0. The molecule has 31 heavy (non-hydrogen) atoms. The molecule has 2 heterocycles. The van der Waals surface area contributed by atoms with Crippen molar-refractivity contribution in [3.63, 3.8) is 0 Å². The second kappa shape index (κ2) is 12.2. The minimum atomic E-state index is -0.657. The van der Waals surface area contributed by atoms with Gasteiger partial charge in [-0.25, -0.2) is 0 Å². The number of nitrogens with zero attached hydrogens (tertiary/aromatic N) is 2. The lowest BCUT2D eigenvalue weighted by molar-refractivity contribution is -0.0850. The molecule has 0 radical (unpaired) electrons. The third-order valence-electron chi connectivity index (χ3n) is 3.90. The van der Waals surface area contributed by atoms with Crippen LogP contribution in [-0.2, 0) is 4.84 Å². The SMILES string of the molecule is BrCCBr.O=C1c2ccccc2C(=O)N1O.O=C1c2ccccc2C(=O)N1OCCBr. The molecule has 0 saturated heterocycles. The van der Waals surface area contributed by atoms with Crippen LogP contribution in [0.15, 0.2) is 48.5 Å². The molecular weight excluding hydrogens is 604 g/mol. The van der Waals surface area contributed by atoms with E-state index in [1.165, 1.54) is 12.1 Å². The van der Waals surface area contributed by atoms with Crippen LogP contribution in [0, 0.1) is 0 Å². The van der Waals surface area contributed by atoms with Crippen LogP contribution in [0.25, 0.3) is 0 Å². The van der Waals surface area contributed by atoms with E-state index in [1.807, 2.05) is 0 Å². The summed E-state index contributed by atoms with van der Waals surface area (Å²) in [7, 11) is 0. The summed E-state index contributed by atoms with van der Waals surface area (Å²) in [6.45, 7) is 0.283. The number of hydrogen-bond acceptors (Lipinski definition) is 6. The van der Waals surface area contributed by atoms with Gasteiger partial charge in [-0.1, -0.05) is 72.1 Å². The predicted molar refractivity (Wildman–Crippen MR) is 123 cm³/mol. The maximum atomic E-state index is 11.7. The molecule has 4 rings (SSSR count). The number of hydrogen-bond donors (Lipinski definition) is 1. The van der Waals surface area contributed by atoms with Crippen LogP contribution in [-0.4, -0.2) is 61.6 Å². The summed E-state index contributed by atoms with van der Waals surface area (Å²) >= 11 is 9.56. The monoisotopic (exact) mass is 618 g/mol. The van der Waals surface area contributed by atoms with Crippen molar-refractivity contribution in [2.24, 2.45) is 0 Å². The molecular formula is C20H17Br3N2O6. The topological polar surface area (TPSA) is 104 Å². The molecule has 0 spiro atoms. The van der Waals surface area contributed by atoms with Crippen LogP contribution in [0.4, 0.5) is 0 Å². The Morgan fingerprint density at radius 2 is 1.00 bits per heavy atom. The Labute approximate surface area is 203 Å². The van der Waals surface area contributed by atoms with Gasteiger partial charge >= 0.3 is 0 Å². The number of rotatable bonds is 4. The van der Waals surface area contributed by atoms with Crippen LogP contribution >= 0.6 is 47.8 Å². The van der Waals surface area contributed by atoms with E-state index in [2.05, 4.69) is 47.8 Å². The molecule has 0 fully saturated rings. The average molecular weight is 621 g/mol. The second-order valence-electron chi connectivity index (χ2n) is 5.82. The fraction of sp³-hybridized carbons (Fsp3) is 0.200. The number of alkyl halides is 3. The third kappa shape index (κ3) is 5.86. The molecule has 0 bridgehead atoms. The molecule has 0 aromatic heterocycles. The normalized spacial score (nSPS) is 13.9. The van der Waals surface area contributed by atoms with Crippen molar-refractivity contribution in [1.29, 1.82) is 0 Å². The molecule has 8 nitrogen and oxygen atoms in total. The van der Waals surface area contributed by atoms with Crippen molar-refractivity contribution in [2.45, 2.75) is 0 Å². The van der Waals surface area contributed by atoms with E-state index in [-0.39, 0.29) is 22.8 Å². The number of carbonyl (C=O) groups is 4. The number of carbonyl (C=O) groups excluding carboxylic acids is 4. The van der Waals surface area contributed by atoms with E-state index < -0.39 is 23.6 Å². The zero-order valence-electron chi connectivity index (χ0n) is 16.0. The van der Waals surface area contributed by atoms with Crippen molar-refractivity contribution in [3.8, 4) is 0 Å². The minimum absolute atomic E-state index is 0.130. The van der Waals surface area contributed by atoms with Crippen molar-refractivity contribution >= 4 is 71.4 Å². The molecule has 1 N–H and O–H groups in total. The van der Waals surface area contributed by atoms with Crippen LogP contribution < -0.4 is 0 Å². The molecule has 2 aliphatic heterocycles. The number of amides is 4. The van der Waals surface area contributed by atoms with Gasteiger partial charge in [-0.3, -0.25) is 29.2 Å². The van der Waals surface area contributed by atoms with E-state index >= 15 is 0 Å². The Balaban J connectivity index is 0.000000192. The van der Waals surface area contributed by atoms with Crippen molar-refractivity contribution in [2.75, 3.05) is 22.6 Å². The zero-order chi connectivity index (χ0) is 23.0. The lowest BCUT2D eigenvalue weighted by Crippen LogP contribution is -2.30. The Morgan fingerprint density at radius 1 is 0.645 bits per heavy atom. The van der Waals surface area contributed by atoms with E-state index in [4.69, 9.17) is 10.0 Å². The van der Waals surface area contributed by atoms with Gasteiger partial charge < -0.3 is 0 Å². The van der Waals surface area contributed by atoms with Crippen LogP contribution in [0.5, 0.6) is 0 Å². The zero-order valence-corrected chi connectivity index (χ0v) is 20.7. The largest absolute Gasteiger partial charge is 0.285 e. The van der Waals surface area contributed by atoms with Gasteiger partial charge in [0.2, 0.25) is 0 Å². The first-order valence-corrected chi connectivity index (χ1v) is 12.2. The molecule has 2 aromatic rings. The first-order chi connectivity index (χ1) is 14.9. The maximum absolute atomic E-state index is 11.7. The maximum Gasteiger partial charge on any atom is 0.285 e. The van der Waals surface area contributed by atoms with Gasteiger partial charge in [-0.2, -0.15) is 0 Å². The number of halogens is 3. The Hall–Kier alpha value is -1.92. The van der Waals surface area contributed by atoms with E-state index in [0.717, 1.165) is 15.7 Å². The first-order valence-electron chi connectivity index (χ1n) is 8.84. The Kier molecular flexibility index (Phi) is 9.97. The highest BCUT2D eigenvalue weighted by Gasteiger charge is 2.36. The molecule has 4 amide bonds. The highest BCUT2D eigenvalue weighted by Crippen LogP contribution is 2.22. The van der Waals surface area contributed by atoms with Crippen molar-refractivity contribution < 1.29 is 29.2 Å². The molecule has 0 atom stereocenters. The molecule has 2 aliphatic rings. The van der Waals surface area contributed by atoms with Gasteiger partial charge in [-0.05, 0) is 24.3 Å². The lowest BCUT2D eigenvalue weighted by atomic mass is 10.1. The Morgan fingerprint density at radius 3 is 1.32 bits per heavy atom. The highest BCUT2D eigenvalue weighted by molar-refractivity contribution is 9.12. The number of fused-ring (bicyclic) bond motifs is 2. The predicted octanol–water partition coefficient (Wildman–Crippen LogP) is 4.06. The third-order valence-corrected chi connectivity index (χ3v) is 6.08. The van der Waals surface area contributed by atoms with Crippen LogP contribution in [0.1, 0.15) is 41.4 Å². The summed E-state index contributed by atoms with van der Waals surface area (Å²) in [5.41, 5.74) is 1.31. The summed E-state index contributed by atoms with van der Waals surface area (Å²) in [4.78, 5) is 50.5. The fourth-order valence-corrected chi connectivity index (χ4v) is 2.73. The lowest BCUT2D eigenvalue weighted by Gasteiger charge is -2.11. The summed E-state index contributed by atoms with van der Waals surface area (Å²) < 4.78 is 0. The van der Waals surface area contributed by atoms with E-state index in [1.54, 1.807) is 36.4 Å². The Bertz CT molecular complexity index is 913. The smallest absolute Gasteiger partial charge is 0.278 e. The average Bonchev–Trinajstić information content (AvgIpc) is 3.18. The van der Waals surface area contributed by atoms with Gasteiger partial charge in [-0.15, -0.1) is 10.1 Å². The van der Waals surface area contributed by atoms with Gasteiger partial charge in [0.15, 0.2) is 0 Å². The number of hydroxylamine groups is 4. The minimum Gasteiger partial charge on any atom is -0.278 e. The fourth-order valence-electron chi connectivity index (χ4n) is 2.59. The molecule has 0 unspecified atom stereocenters. The molecule has 0 saturated carbocycles. The number of benzene rings is 2. The second-order valence-corrected chi connectivity index (χ2v) is 8.20. The van der Waals surface area contributed by atoms with E-state index in [9.17, 15) is 19.2 Å². The van der Waals surface area contributed by atoms with Gasteiger partial charge in [0, 0.05) is 16.0 Å². The summed E-state index contributed by atoms with van der Waals surface area (Å²) in [5.74, 6) is -2.10. The van der Waals surface area contributed by atoms with Gasteiger partial charge in [0.05, 0.1) is 28.9 Å². The van der Waals surface area contributed by atoms with Crippen LogP contribution in [0.3, 0.4) is 0 Å².